The van der Waals surface area contributed by atoms with Crippen molar-refractivity contribution in [3.63, 3.8) is 0 Å². The smallest absolute Gasteiger partial charge is 0.396 e. The van der Waals surface area contributed by atoms with Gasteiger partial charge in [0.05, 0.1) is 10.8 Å². The van der Waals surface area contributed by atoms with Gasteiger partial charge in [0.1, 0.15) is 0 Å². The number of likely N-dealkylation sites (tertiary alicyclic amines) is 2. The molecule has 2 aliphatic heterocycles. The summed E-state index contributed by atoms with van der Waals surface area (Å²) in [5, 5.41) is 8.33. The first-order chi connectivity index (χ1) is 13.8. The zero-order valence-electron chi connectivity index (χ0n) is 16.5. The Morgan fingerprint density at radius 3 is 2.52 bits per heavy atom. The molecule has 29 heavy (non-hydrogen) atoms. The summed E-state index contributed by atoms with van der Waals surface area (Å²) >= 11 is 0. The number of aromatic nitrogens is 2. The summed E-state index contributed by atoms with van der Waals surface area (Å²) in [7, 11) is 2.07. The molecular formula is C21H25F3N4O. The number of piperidine rings is 2. The van der Waals surface area contributed by atoms with Gasteiger partial charge in [-0.05, 0) is 45.0 Å². The summed E-state index contributed by atoms with van der Waals surface area (Å²) in [5.41, 5.74) is -1.86. The quantitative estimate of drug-likeness (QED) is 0.777. The molecule has 0 bridgehead atoms. The molecule has 2 atom stereocenters. The third-order valence-corrected chi connectivity index (χ3v) is 7.09. The molecule has 0 spiro atoms. The molecule has 1 aromatic heterocycles. The Bertz CT molecular complexity index is 878. The predicted molar refractivity (Wildman–Crippen MR) is 100 cm³/mol. The minimum atomic E-state index is -4.29. The van der Waals surface area contributed by atoms with E-state index in [1.807, 2.05) is 35.2 Å². The highest BCUT2D eigenvalue weighted by molar-refractivity contribution is 5.36. The number of nitrogens with zero attached hydrogens (tertiary/aromatic N) is 4. The molecule has 5 rings (SSSR count). The minimum Gasteiger partial charge on any atom is -0.424 e. The first-order valence-electron chi connectivity index (χ1n) is 10.2. The molecule has 0 radical (unpaired) electrons. The monoisotopic (exact) mass is 406 g/mol. The predicted octanol–water partition coefficient (Wildman–Crippen LogP) is 3.58. The summed E-state index contributed by atoms with van der Waals surface area (Å²) in [5.74, 6) is 0.830. The summed E-state index contributed by atoms with van der Waals surface area (Å²) < 4.78 is 48.3. The third kappa shape index (κ3) is 2.99. The number of rotatable bonds is 4. The molecule has 5 nitrogen and oxygen atoms in total. The zero-order chi connectivity index (χ0) is 20.3. The fraction of sp³-hybridized carbons (Fsp3) is 0.619. The Morgan fingerprint density at radius 1 is 1.10 bits per heavy atom. The Labute approximate surface area is 167 Å². The number of benzene rings is 1. The molecule has 1 aromatic carbocycles. The topological polar surface area (TPSA) is 45.4 Å². The lowest BCUT2D eigenvalue weighted by molar-refractivity contribution is -0.190. The second-order valence-corrected chi connectivity index (χ2v) is 8.99. The van der Waals surface area contributed by atoms with Gasteiger partial charge in [0.15, 0.2) is 0 Å². The Hall–Kier alpha value is -1.93. The van der Waals surface area contributed by atoms with Gasteiger partial charge in [-0.3, -0.25) is 4.90 Å². The maximum Gasteiger partial charge on any atom is 0.396 e. The molecule has 2 aromatic rings. The van der Waals surface area contributed by atoms with E-state index in [4.69, 9.17) is 4.42 Å². The van der Waals surface area contributed by atoms with Crippen molar-refractivity contribution < 1.29 is 17.6 Å². The standard InChI is InChI=1S/C21H25F3N4O/c1-27-9-7-16(8-10-27)17-25-26-18(29-17)19-12-20(19,21(22,23)24)14-28(13-19)11-15-5-3-2-4-6-15/h2-6,16H,7-14H2,1H3/t19-,20-/m0/s1. The van der Waals surface area contributed by atoms with E-state index in [1.54, 1.807) is 0 Å². The molecule has 1 saturated carbocycles. The first-order valence-corrected chi connectivity index (χ1v) is 10.2. The lowest BCUT2D eigenvalue weighted by Crippen LogP contribution is -2.33. The van der Waals surface area contributed by atoms with Crippen LogP contribution in [0.2, 0.25) is 0 Å². The van der Waals surface area contributed by atoms with Crippen molar-refractivity contribution in [1.29, 1.82) is 0 Å². The summed E-state index contributed by atoms with van der Waals surface area (Å²) in [6, 6.07) is 9.62. The largest absolute Gasteiger partial charge is 0.424 e. The molecule has 156 valence electrons. The van der Waals surface area contributed by atoms with Crippen LogP contribution in [-0.4, -0.2) is 59.4 Å². The van der Waals surface area contributed by atoms with E-state index in [2.05, 4.69) is 22.1 Å². The van der Waals surface area contributed by atoms with E-state index >= 15 is 0 Å². The second-order valence-electron chi connectivity index (χ2n) is 8.99. The number of alkyl halides is 3. The average Bonchev–Trinajstić information content (AvgIpc) is 3.02. The summed E-state index contributed by atoms with van der Waals surface area (Å²) in [6.45, 7) is 2.65. The number of hydrogen-bond acceptors (Lipinski definition) is 5. The molecule has 3 aliphatic rings. The highest BCUT2D eigenvalue weighted by Gasteiger charge is 2.85. The van der Waals surface area contributed by atoms with Crippen molar-refractivity contribution in [1.82, 2.24) is 20.0 Å². The van der Waals surface area contributed by atoms with Crippen molar-refractivity contribution in [2.24, 2.45) is 5.41 Å². The Balaban J connectivity index is 1.40. The van der Waals surface area contributed by atoms with Crippen LogP contribution in [0.5, 0.6) is 0 Å². The van der Waals surface area contributed by atoms with Crippen molar-refractivity contribution in [3.05, 3.63) is 47.7 Å². The lowest BCUT2D eigenvalue weighted by atomic mass is 9.95. The van der Waals surface area contributed by atoms with Crippen LogP contribution >= 0.6 is 0 Å². The lowest BCUT2D eigenvalue weighted by Gasteiger charge is -2.26. The van der Waals surface area contributed by atoms with Crippen LogP contribution in [0.1, 0.15) is 42.5 Å². The fourth-order valence-electron chi connectivity index (χ4n) is 5.32. The number of hydrogen-bond donors (Lipinski definition) is 0. The first kappa shape index (κ1) is 19.1. The normalized spacial score (nSPS) is 31.2. The second kappa shape index (κ2) is 6.54. The summed E-state index contributed by atoms with van der Waals surface area (Å²) in [6.07, 6.45) is -2.45. The van der Waals surface area contributed by atoms with Crippen LogP contribution in [0, 0.1) is 5.41 Å². The van der Waals surface area contributed by atoms with Crippen molar-refractivity contribution >= 4 is 0 Å². The van der Waals surface area contributed by atoms with Crippen molar-refractivity contribution in [2.45, 2.75) is 43.3 Å². The van der Waals surface area contributed by atoms with E-state index in [1.165, 1.54) is 0 Å². The van der Waals surface area contributed by atoms with Gasteiger partial charge in [0, 0.05) is 25.6 Å². The zero-order valence-corrected chi connectivity index (χ0v) is 16.5. The SMILES string of the molecule is CN1CCC(c2nnc([C@]34CN(Cc5ccccc5)C[C@@]3(C(F)(F)F)C4)o2)CC1. The third-order valence-electron chi connectivity index (χ3n) is 7.09. The fourth-order valence-corrected chi connectivity index (χ4v) is 5.32. The molecule has 3 fully saturated rings. The van der Waals surface area contributed by atoms with Gasteiger partial charge < -0.3 is 9.32 Å². The molecule has 2 saturated heterocycles. The Morgan fingerprint density at radius 2 is 1.83 bits per heavy atom. The van der Waals surface area contributed by atoms with Gasteiger partial charge in [0.25, 0.3) is 0 Å². The highest BCUT2D eigenvalue weighted by Crippen LogP contribution is 2.74. The maximum atomic E-state index is 14.1. The molecule has 8 heteroatoms. The van der Waals surface area contributed by atoms with Gasteiger partial charge in [-0.1, -0.05) is 30.3 Å². The van der Waals surface area contributed by atoms with Crippen LogP contribution < -0.4 is 0 Å². The van der Waals surface area contributed by atoms with Crippen LogP contribution in [0.25, 0.3) is 0 Å². The number of halogens is 3. The van der Waals surface area contributed by atoms with E-state index < -0.39 is 17.0 Å². The molecule has 3 heterocycles. The highest BCUT2D eigenvalue weighted by atomic mass is 19.4. The van der Waals surface area contributed by atoms with E-state index in [0.717, 1.165) is 31.5 Å². The Kier molecular flexibility index (Phi) is 4.30. The molecule has 0 N–H and O–H groups in total. The minimum absolute atomic E-state index is 0.0165. The molecule has 0 unspecified atom stereocenters. The van der Waals surface area contributed by atoms with Gasteiger partial charge in [-0.25, -0.2) is 0 Å². The van der Waals surface area contributed by atoms with Gasteiger partial charge in [-0.2, -0.15) is 13.2 Å². The molecule has 1 aliphatic carbocycles. The van der Waals surface area contributed by atoms with Crippen LogP contribution in [-0.2, 0) is 12.0 Å². The van der Waals surface area contributed by atoms with Gasteiger partial charge >= 0.3 is 6.18 Å². The van der Waals surface area contributed by atoms with Crippen LogP contribution in [0.15, 0.2) is 34.7 Å². The van der Waals surface area contributed by atoms with E-state index in [-0.39, 0.29) is 24.8 Å². The van der Waals surface area contributed by atoms with Crippen LogP contribution in [0.3, 0.4) is 0 Å². The van der Waals surface area contributed by atoms with E-state index in [0.29, 0.717) is 19.0 Å². The van der Waals surface area contributed by atoms with Crippen LogP contribution in [0.4, 0.5) is 13.2 Å². The maximum absolute atomic E-state index is 14.1. The van der Waals surface area contributed by atoms with Gasteiger partial charge in [-0.15, -0.1) is 10.2 Å². The summed E-state index contributed by atoms with van der Waals surface area (Å²) in [4.78, 5) is 4.12. The van der Waals surface area contributed by atoms with E-state index in [9.17, 15) is 13.2 Å². The van der Waals surface area contributed by atoms with Crippen molar-refractivity contribution in [3.8, 4) is 0 Å². The van der Waals surface area contributed by atoms with Gasteiger partial charge in [0.2, 0.25) is 11.8 Å². The molecular weight excluding hydrogens is 381 g/mol. The molecule has 0 amide bonds. The van der Waals surface area contributed by atoms with Crippen molar-refractivity contribution in [2.75, 3.05) is 33.2 Å². The average molecular weight is 406 g/mol. The number of fused-ring (bicyclic) bond motifs is 1.